The molecule has 0 aliphatic carbocycles. The van der Waals surface area contributed by atoms with E-state index in [1.54, 1.807) is 24.0 Å². The van der Waals surface area contributed by atoms with Gasteiger partial charge in [0.15, 0.2) is 5.13 Å². The molecule has 24 heavy (non-hydrogen) atoms. The number of carbonyl (C=O) groups excluding carboxylic acids is 1. The van der Waals surface area contributed by atoms with E-state index in [4.69, 9.17) is 4.98 Å². The first-order valence-corrected chi connectivity index (χ1v) is 8.82. The number of thiazole rings is 1. The molecule has 0 bridgehead atoms. The van der Waals surface area contributed by atoms with Crippen molar-refractivity contribution in [2.75, 3.05) is 31.1 Å². The lowest BCUT2D eigenvalue weighted by Gasteiger charge is -2.34. The van der Waals surface area contributed by atoms with Crippen molar-refractivity contribution in [3.63, 3.8) is 0 Å². The summed E-state index contributed by atoms with van der Waals surface area (Å²) in [6.45, 7) is 3.79. The number of aromatic nitrogens is 4. The average Bonchev–Trinajstić information content (AvgIpc) is 3.29. The zero-order chi connectivity index (χ0) is 16.4. The Labute approximate surface area is 143 Å². The fourth-order valence-electron chi connectivity index (χ4n) is 2.86. The second-order valence-electron chi connectivity index (χ2n) is 5.78. The summed E-state index contributed by atoms with van der Waals surface area (Å²) in [5.74, 6) is 0.188. The smallest absolute Gasteiger partial charge is 0.224 e. The van der Waals surface area contributed by atoms with Gasteiger partial charge in [0.1, 0.15) is 12.7 Å². The number of hydrogen-bond acceptors (Lipinski definition) is 6. The van der Waals surface area contributed by atoms with Crippen LogP contribution in [-0.4, -0.2) is 56.7 Å². The van der Waals surface area contributed by atoms with Crippen molar-refractivity contribution >= 4 is 32.6 Å². The SMILES string of the molecule is O=C(CCn1cnnc1)N1CCN(c2nc3ccccc3s2)CC1. The highest BCUT2D eigenvalue weighted by Crippen LogP contribution is 2.29. The van der Waals surface area contributed by atoms with E-state index in [1.807, 2.05) is 27.7 Å². The van der Waals surface area contributed by atoms with Gasteiger partial charge in [-0.15, -0.1) is 10.2 Å². The van der Waals surface area contributed by atoms with Gasteiger partial charge >= 0.3 is 0 Å². The number of nitrogens with zero attached hydrogens (tertiary/aromatic N) is 6. The highest BCUT2D eigenvalue weighted by atomic mass is 32.1. The van der Waals surface area contributed by atoms with Crippen molar-refractivity contribution in [2.45, 2.75) is 13.0 Å². The first-order chi connectivity index (χ1) is 11.8. The minimum atomic E-state index is 0.188. The lowest BCUT2D eigenvalue weighted by Crippen LogP contribution is -2.48. The summed E-state index contributed by atoms with van der Waals surface area (Å²) in [6.07, 6.45) is 3.76. The van der Waals surface area contributed by atoms with Crippen LogP contribution in [0.3, 0.4) is 0 Å². The van der Waals surface area contributed by atoms with Gasteiger partial charge in [0, 0.05) is 39.1 Å². The maximum Gasteiger partial charge on any atom is 0.224 e. The Balaban J connectivity index is 1.33. The minimum absolute atomic E-state index is 0.188. The van der Waals surface area contributed by atoms with E-state index in [0.29, 0.717) is 13.0 Å². The molecule has 124 valence electrons. The van der Waals surface area contributed by atoms with Crippen molar-refractivity contribution in [1.29, 1.82) is 0 Å². The van der Waals surface area contributed by atoms with Crippen LogP contribution >= 0.6 is 11.3 Å². The molecule has 4 rings (SSSR count). The van der Waals surface area contributed by atoms with Gasteiger partial charge in [-0.25, -0.2) is 4.98 Å². The standard InChI is InChI=1S/C16H18N6OS/c23-15(5-6-20-11-17-18-12-20)21-7-9-22(10-8-21)16-19-13-3-1-2-4-14(13)24-16/h1-4,11-12H,5-10H2. The van der Waals surface area contributed by atoms with Crippen LogP contribution in [0.2, 0.25) is 0 Å². The Morgan fingerprint density at radius 1 is 1.08 bits per heavy atom. The zero-order valence-electron chi connectivity index (χ0n) is 13.2. The van der Waals surface area contributed by atoms with Crippen LogP contribution in [-0.2, 0) is 11.3 Å². The molecule has 1 aromatic carbocycles. The largest absolute Gasteiger partial charge is 0.345 e. The first-order valence-electron chi connectivity index (χ1n) is 8.00. The molecule has 1 fully saturated rings. The molecule has 1 saturated heterocycles. The van der Waals surface area contributed by atoms with E-state index in [2.05, 4.69) is 21.2 Å². The van der Waals surface area contributed by atoms with Crippen LogP contribution in [0.1, 0.15) is 6.42 Å². The van der Waals surface area contributed by atoms with Gasteiger partial charge in [-0.3, -0.25) is 4.79 Å². The van der Waals surface area contributed by atoms with Gasteiger partial charge < -0.3 is 14.4 Å². The molecule has 1 aliphatic rings. The van der Waals surface area contributed by atoms with Crippen LogP contribution in [0, 0.1) is 0 Å². The normalized spacial score (nSPS) is 15.2. The van der Waals surface area contributed by atoms with Crippen molar-refractivity contribution in [3.8, 4) is 0 Å². The molecule has 0 unspecified atom stereocenters. The van der Waals surface area contributed by atoms with Crippen molar-refractivity contribution < 1.29 is 4.79 Å². The molecule has 8 heteroatoms. The number of rotatable bonds is 4. The number of anilines is 1. The Morgan fingerprint density at radius 3 is 2.58 bits per heavy atom. The van der Waals surface area contributed by atoms with E-state index >= 15 is 0 Å². The predicted molar refractivity (Wildman–Crippen MR) is 93.1 cm³/mol. The second-order valence-corrected chi connectivity index (χ2v) is 6.79. The van der Waals surface area contributed by atoms with E-state index in [1.165, 1.54) is 4.70 Å². The molecule has 3 heterocycles. The highest BCUT2D eigenvalue weighted by molar-refractivity contribution is 7.22. The molecule has 1 aliphatic heterocycles. The Morgan fingerprint density at radius 2 is 1.83 bits per heavy atom. The minimum Gasteiger partial charge on any atom is -0.345 e. The molecule has 0 saturated carbocycles. The molecule has 0 spiro atoms. The monoisotopic (exact) mass is 342 g/mol. The number of amides is 1. The quantitative estimate of drug-likeness (QED) is 0.721. The van der Waals surface area contributed by atoms with Crippen molar-refractivity contribution in [3.05, 3.63) is 36.9 Å². The first kappa shape index (κ1) is 15.1. The van der Waals surface area contributed by atoms with Crippen LogP contribution in [0.25, 0.3) is 10.2 Å². The molecule has 1 amide bonds. The number of hydrogen-bond donors (Lipinski definition) is 0. The van der Waals surface area contributed by atoms with Gasteiger partial charge in [-0.05, 0) is 12.1 Å². The summed E-state index contributed by atoms with van der Waals surface area (Å²) in [6, 6.07) is 8.19. The van der Waals surface area contributed by atoms with Gasteiger partial charge in [0.05, 0.1) is 10.2 Å². The number of para-hydroxylation sites is 1. The summed E-state index contributed by atoms with van der Waals surface area (Å²) < 4.78 is 3.04. The average molecular weight is 342 g/mol. The van der Waals surface area contributed by atoms with Crippen LogP contribution in [0.15, 0.2) is 36.9 Å². The molecule has 0 radical (unpaired) electrons. The van der Waals surface area contributed by atoms with E-state index < -0.39 is 0 Å². The van der Waals surface area contributed by atoms with Crippen LogP contribution in [0.5, 0.6) is 0 Å². The van der Waals surface area contributed by atoms with Gasteiger partial charge in [0.2, 0.25) is 5.91 Å². The molecule has 2 aromatic heterocycles. The van der Waals surface area contributed by atoms with Gasteiger partial charge in [-0.1, -0.05) is 23.5 Å². The maximum absolute atomic E-state index is 12.3. The fourth-order valence-corrected chi connectivity index (χ4v) is 3.88. The molecule has 0 N–H and O–H groups in total. The highest BCUT2D eigenvalue weighted by Gasteiger charge is 2.22. The number of benzene rings is 1. The van der Waals surface area contributed by atoms with Crippen molar-refractivity contribution in [1.82, 2.24) is 24.6 Å². The van der Waals surface area contributed by atoms with E-state index in [9.17, 15) is 4.79 Å². The van der Waals surface area contributed by atoms with Crippen LogP contribution < -0.4 is 4.90 Å². The zero-order valence-corrected chi connectivity index (χ0v) is 14.0. The Hall–Kier alpha value is -2.48. The Kier molecular flexibility index (Phi) is 4.12. The third kappa shape index (κ3) is 3.09. The fraction of sp³-hybridized carbons (Fsp3) is 0.375. The van der Waals surface area contributed by atoms with Gasteiger partial charge in [-0.2, -0.15) is 0 Å². The second kappa shape index (κ2) is 6.56. The van der Waals surface area contributed by atoms with E-state index in [0.717, 1.165) is 36.8 Å². The topological polar surface area (TPSA) is 67.2 Å². The lowest BCUT2D eigenvalue weighted by atomic mass is 10.3. The predicted octanol–water partition coefficient (Wildman–Crippen LogP) is 1.63. The molecule has 7 nitrogen and oxygen atoms in total. The molecular formula is C16H18N6OS. The summed E-state index contributed by atoms with van der Waals surface area (Å²) >= 11 is 1.72. The third-order valence-corrected chi connectivity index (χ3v) is 5.33. The Bertz CT molecular complexity index is 789. The number of carbonyl (C=O) groups is 1. The summed E-state index contributed by atoms with van der Waals surface area (Å²) in [5.41, 5.74) is 1.05. The van der Waals surface area contributed by atoms with Crippen LogP contribution in [0.4, 0.5) is 5.13 Å². The number of aryl methyl sites for hydroxylation is 1. The molecule has 0 atom stereocenters. The lowest BCUT2D eigenvalue weighted by molar-refractivity contribution is -0.131. The summed E-state index contributed by atoms with van der Waals surface area (Å²) in [5, 5.41) is 8.55. The van der Waals surface area contributed by atoms with E-state index in [-0.39, 0.29) is 5.91 Å². The maximum atomic E-state index is 12.3. The molecular weight excluding hydrogens is 324 g/mol. The molecule has 3 aromatic rings. The third-order valence-electron chi connectivity index (χ3n) is 4.24. The summed E-state index contributed by atoms with van der Waals surface area (Å²) in [4.78, 5) is 21.2. The number of piperazine rings is 1. The number of fused-ring (bicyclic) bond motifs is 1. The summed E-state index contributed by atoms with van der Waals surface area (Å²) in [7, 11) is 0. The van der Waals surface area contributed by atoms with Crippen molar-refractivity contribution in [2.24, 2.45) is 0 Å². The van der Waals surface area contributed by atoms with Gasteiger partial charge in [0.25, 0.3) is 0 Å².